The molecule has 0 unspecified atom stereocenters. The average molecular weight is 680 g/mol. The Labute approximate surface area is 261 Å². The van der Waals surface area contributed by atoms with Crippen LogP contribution in [0.25, 0.3) is 0 Å². The fourth-order valence-corrected chi connectivity index (χ4v) is 5.43. The van der Waals surface area contributed by atoms with Crippen molar-refractivity contribution < 1.29 is 37.3 Å². The Bertz CT molecular complexity index is 1600. The van der Waals surface area contributed by atoms with E-state index in [9.17, 15) is 37.3 Å². The normalized spacial score (nSPS) is 14.5. The van der Waals surface area contributed by atoms with Gasteiger partial charge in [-0.15, -0.1) is 0 Å². The fraction of sp³-hybridized carbons (Fsp3) is 0.333. The van der Waals surface area contributed by atoms with Crippen LogP contribution in [0.1, 0.15) is 42.7 Å². The molecule has 0 aromatic heterocycles. The van der Waals surface area contributed by atoms with E-state index in [0.29, 0.717) is 27.7 Å². The van der Waals surface area contributed by atoms with Crippen LogP contribution in [0.2, 0.25) is 10.0 Å². The molecule has 12 nitrogen and oxygen atoms in total. The molecule has 0 aliphatic rings. The molecule has 9 N–H and O–H groups in total. The first kappa shape index (κ1) is 36.4. The summed E-state index contributed by atoms with van der Waals surface area (Å²) in [6.45, 7) is 3.85. The standard InChI is InChI=1S/C17H20Cl2N2O4S.C10H16N2O4S/c1-10(20-9-11-5-13(18)8-14(19)6-11)17(23)12-3-4-16(22)15(7-12)21-26(2,24)25;1-6(11)10(14)7-3-4-9(13)8(5-7)12-17(2,15)16/h3-8,10,17,20-23H,9H2,1-2H3;3-6,10,12-14H,11H2,1-2H3/t10-,17-;6-,10-/m00/s1. The Kier molecular flexibility index (Phi) is 12.9. The largest absolute Gasteiger partial charge is 0.506 e. The van der Waals surface area contributed by atoms with Crippen LogP contribution in [-0.2, 0) is 26.6 Å². The Morgan fingerprint density at radius 3 is 1.56 bits per heavy atom. The van der Waals surface area contributed by atoms with Gasteiger partial charge in [-0.2, -0.15) is 0 Å². The molecule has 0 bridgehead atoms. The number of nitrogens with one attached hydrogen (secondary N) is 3. The molecule has 0 aliphatic heterocycles. The second-order valence-corrected chi connectivity index (χ2v) is 14.4. The van der Waals surface area contributed by atoms with Crippen LogP contribution in [0.4, 0.5) is 11.4 Å². The van der Waals surface area contributed by atoms with Crippen molar-refractivity contribution in [2.75, 3.05) is 22.0 Å². The zero-order chi connectivity index (χ0) is 32.7. The van der Waals surface area contributed by atoms with E-state index in [1.165, 1.54) is 36.4 Å². The van der Waals surface area contributed by atoms with E-state index in [1.54, 1.807) is 32.0 Å². The molecule has 0 saturated heterocycles. The number of halogens is 2. The highest BCUT2D eigenvalue weighted by atomic mass is 35.5. The summed E-state index contributed by atoms with van der Waals surface area (Å²) in [5.41, 5.74) is 7.32. The highest BCUT2D eigenvalue weighted by Crippen LogP contribution is 2.30. The van der Waals surface area contributed by atoms with E-state index in [-0.39, 0.29) is 28.9 Å². The van der Waals surface area contributed by atoms with Crippen molar-refractivity contribution in [3.63, 3.8) is 0 Å². The van der Waals surface area contributed by atoms with E-state index in [1.807, 2.05) is 0 Å². The van der Waals surface area contributed by atoms with Gasteiger partial charge in [0.1, 0.15) is 11.5 Å². The molecule has 3 aromatic carbocycles. The highest BCUT2D eigenvalue weighted by molar-refractivity contribution is 7.92. The predicted octanol–water partition coefficient (Wildman–Crippen LogP) is 3.43. The van der Waals surface area contributed by atoms with Gasteiger partial charge in [-0.05, 0) is 73.0 Å². The number of nitrogens with two attached hydrogens (primary N) is 1. The van der Waals surface area contributed by atoms with Crippen molar-refractivity contribution in [2.24, 2.45) is 5.73 Å². The maximum atomic E-state index is 11.4. The third kappa shape index (κ3) is 12.4. The zero-order valence-electron chi connectivity index (χ0n) is 23.8. The first-order chi connectivity index (χ1) is 19.8. The molecule has 0 radical (unpaired) electrons. The number of aromatic hydroxyl groups is 2. The first-order valence-electron chi connectivity index (χ1n) is 12.7. The van der Waals surface area contributed by atoms with Gasteiger partial charge in [-0.25, -0.2) is 16.8 Å². The van der Waals surface area contributed by atoms with Crippen LogP contribution < -0.4 is 20.5 Å². The molecule has 0 saturated carbocycles. The molecule has 0 aliphatic carbocycles. The average Bonchev–Trinajstić information content (AvgIpc) is 2.87. The lowest BCUT2D eigenvalue weighted by Gasteiger charge is -2.22. The summed E-state index contributed by atoms with van der Waals surface area (Å²) in [6, 6.07) is 12.7. The van der Waals surface area contributed by atoms with Crippen molar-refractivity contribution in [3.8, 4) is 11.5 Å². The molecule has 0 heterocycles. The predicted molar refractivity (Wildman–Crippen MR) is 169 cm³/mol. The summed E-state index contributed by atoms with van der Waals surface area (Å²) < 4.78 is 49.2. The summed E-state index contributed by atoms with van der Waals surface area (Å²) >= 11 is 11.9. The van der Waals surface area contributed by atoms with Gasteiger partial charge < -0.3 is 31.5 Å². The van der Waals surface area contributed by atoms with Gasteiger partial charge in [0, 0.05) is 28.7 Å². The molecule has 3 rings (SSSR count). The van der Waals surface area contributed by atoms with Crippen LogP contribution in [0, 0.1) is 0 Å². The summed E-state index contributed by atoms with van der Waals surface area (Å²) in [5.74, 6) is -0.434. The first-order valence-corrected chi connectivity index (χ1v) is 17.2. The number of sulfonamides is 2. The molecule has 3 aromatic rings. The second-order valence-electron chi connectivity index (χ2n) is 10.00. The lowest BCUT2D eigenvalue weighted by molar-refractivity contribution is 0.135. The van der Waals surface area contributed by atoms with E-state index in [0.717, 1.165) is 18.1 Å². The summed E-state index contributed by atoms with van der Waals surface area (Å²) in [4.78, 5) is 0. The molecular weight excluding hydrogens is 643 g/mol. The zero-order valence-corrected chi connectivity index (χ0v) is 26.9. The quantitative estimate of drug-likeness (QED) is 0.138. The molecular formula is C27H36Cl2N4O8S2. The Morgan fingerprint density at radius 2 is 1.16 bits per heavy atom. The van der Waals surface area contributed by atoms with E-state index in [4.69, 9.17) is 28.9 Å². The number of hydrogen-bond acceptors (Lipinski definition) is 10. The van der Waals surface area contributed by atoms with Crippen molar-refractivity contribution in [3.05, 3.63) is 81.3 Å². The maximum Gasteiger partial charge on any atom is 0.229 e. The molecule has 0 fully saturated rings. The Morgan fingerprint density at radius 1 is 0.744 bits per heavy atom. The number of hydrogen-bond donors (Lipinski definition) is 8. The van der Waals surface area contributed by atoms with Gasteiger partial charge in [-0.1, -0.05) is 35.3 Å². The van der Waals surface area contributed by atoms with Gasteiger partial charge >= 0.3 is 0 Å². The number of anilines is 2. The lowest BCUT2D eigenvalue weighted by Crippen LogP contribution is -2.31. The summed E-state index contributed by atoms with van der Waals surface area (Å²) in [6.07, 6.45) is 0.109. The minimum Gasteiger partial charge on any atom is -0.506 e. The highest BCUT2D eigenvalue weighted by Gasteiger charge is 2.19. The van der Waals surface area contributed by atoms with E-state index < -0.39 is 38.3 Å². The van der Waals surface area contributed by atoms with Crippen molar-refractivity contribution >= 4 is 54.6 Å². The van der Waals surface area contributed by atoms with Gasteiger partial charge in [0.05, 0.1) is 36.1 Å². The third-order valence-electron chi connectivity index (χ3n) is 5.84. The van der Waals surface area contributed by atoms with Gasteiger partial charge in [0.25, 0.3) is 0 Å². The van der Waals surface area contributed by atoms with E-state index >= 15 is 0 Å². The maximum absolute atomic E-state index is 11.4. The van der Waals surface area contributed by atoms with Crippen LogP contribution in [0.5, 0.6) is 11.5 Å². The number of phenolic OH excluding ortho intramolecular Hbond substituents is 2. The number of aliphatic hydroxyl groups excluding tert-OH is 2. The van der Waals surface area contributed by atoms with Gasteiger partial charge in [0.15, 0.2) is 0 Å². The minimum atomic E-state index is -3.55. The Balaban J connectivity index is 0.000000329. The van der Waals surface area contributed by atoms with Crippen LogP contribution in [0.15, 0.2) is 54.6 Å². The topological polar surface area (TPSA) is 211 Å². The monoisotopic (exact) mass is 678 g/mol. The van der Waals surface area contributed by atoms with Crippen LogP contribution >= 0.6 is 23.2 Å². The number of aliphatic hydroxyl groups is 2. The summed E-state index contributed by atoms with van der Waals surface area (Å²) in [7, 11) is -7.03. The molecule has 43 heavy (non-hydrogen) atoms. The third-order valence-corrected chi connectivity index (χ3v) is 7.45. The lowest BCUT2D eigenvalue weighted by atomic mass is 10.0. The molecule has 4 atom stereocenters. The van der Waals surface area contributed by atoms with Crippen molar-refractivity contribution in [1.29, 1.82) is 0 Å². The van der Waals surface area contributed by atoms with Crippen LogP contribution in [0.3, 0.4) is 0 Å². The molecule has 0 amide bonds. The number of phenols is 2. The number of benzene rings is 3. The second kappa shape index (κ2) is 15.3. The van der Waals surface area contributed by atoms with Gasteiger partial charge in [-0.3, -0.25) is 9.44 Å². The molecule has 238 valence electrons. The van der Waals surface area contributed by atoms with Crippen LogP contribution in [-0.4, -0.2) is 61.9 Å². The number of rotatable bonds is 11. The Hall–Kier alpha value is -2.82. The SMILES string of the molecule is C[C@H](N)[C@H](O)c1ccc(O)c(NS(C)(=O)=O)c1.C[C@H](NCc1cc(Cl)cc(Cl)c1)[C@H](O)c1ccc(O)c(NS(C)(=O)=O)c1. The molecule has 0 spiro atoms. The van der Waals surface area contributed by atoms with Gasteiger partial charge in [0.2, 0.25) is 20.0 Å². The smallest absolute Gasteiger partial charge is 0.229 e. The minimum absolute atomic E-state index is 0.0119. The van der Waals surface area contributed by atoms with Crippen molar-refractivity contribution in [2.45, 2.75) is 44.7 Å². The fourth-order valence-electron chi connectivity index (χ4n) is 3.73. The van der Waals surface area contributed by atoms with E-state index in [2.05, 4.69) is 14.8 Å². The molecule has 16 heteroatoms. The summed E-state index contributed by atoms with van der Waals surface area (Å²) in [5, 5.41) is 43.7. The van der Waals surface area contributed by atoms with Crippen molar-refractivity contribution in [1.82, 2.24) is 5.32 Å².